The van der Waals surface area contributed by atoms with Crippen LogP contribution in [-0.4, -0.2) is 22.0 Å². The van der Waals surface area contributed by atoms with Crippen LogP contribution in [0.4, 0.5) is 5.69 Å². The van der Waals surface area contributed by atoms with Crippen molar-refractivity contribution in [3.05, 3.63) is 36.2 Å². The summed E-state index contributed by atoms with van der Waals surface area (Å²) in [5, 5.41) is 11.9. The van der Waals surface area contributed by atoms with Crippen molar-refractivity contribution in [3.63, 3.8) is 0 Å². The van der Waals surface area contributed by atoms with Crippen LogP contribution in [0.1, 0.15) is 18.4 Å². The SMILES string of the molecule is Cc1cncc(NC(=O)[C@@H]2CC=CC[C@@H]2C(=O)O)c1. The normalized spacial score (nSPS) is 21.9. The fraction of sp³-hybridized carbons (Fsp3) is 0.357. The number of aliphatic carboxylic acids is 1. The molecule has 100 valence electrons. The largest absolute Gasteiger partial charge is 0.481 e. The molecule has 2 rings (SSSR count). The van der Waals surface area contributed by atoms with Crippen LogP contribution in [0, 0.1) is 18.8 Å². The first kappa shape index (κ1) is 13.3. The van der Waals surface area contributed by atoms with Gasteiger partial charge in [-0.25, -0.2) is 0 Å². The van der Waals surface area contributed by atoms with Crippen molar-refractivity contribution in [2.45, 2.75) is 19.8 Å². The number of hydrogen-bond donors (Lipinski definition) is 2. The van der Waals surface area contributed by atoms with Gasteiger partial charge in [0.05, 0.1) is 23.7 Å². The first-order valence-corrected chi connectivity index (χ1v) is 6.18. The van der Waals surface area contributed by atoms with Crippen molar-refractivity contribution in [1.29, 1.82) is 0 Å². The summed E-state index contributed by atoms with van der Waals surface area (Å²) in [4.78, 5) is 27.3. The van der Waals surface area contributed by atoms with Gasteiger partial charge in [-0.05, 0) is 31.4 Å². The molecule has 1 amide bonds. The van der Waals surface area contributed by atoms with Gasteiger partial charge >= 0.3 is 5.97 Å². The maximum atomic E-state index is 12.2. The van der Waals surface area contributed by atoms with Crippen LogP contribution < -0.4 is 5.32 Å². The summed E-state index contributed by atoms with van der Waals surface area (Å²) in [5.41, 5.74) is 1.54. The van der Waals surface area contributed by atoms with E-state index in [0.717, 1.165) is 5.56 Å². The van der Waals surface area contributed by atoms with Crippen LogP contribution in [0.15, 0.2) is 30.6 Å². The molecular formula is C14H16N2O3. The summed E-state index contributed by atoms with van der Waals surface area (Å²) in [6.45, 7) is 1.88. The first-order chi connectivity index (χ1) is 9.08. The third-order valence-corrected chi connectivity index (χ3v) is 3.23. The van der Waals surface area contributed by atoms with Crippen molar-refractivity contribution in [2.75, 3.05) is 5.32 Å². The van der Waals surface area contributed by atoms with E-state index in [0.29, 0.717) is 18.5 Å². The highest BCUT2D eigenvalue weighted by Gasteiger charge is 2.33. The molecule has 1 aliphatic rings. The van der Waals surface area contributed by atoms with E-state index in [4.69, 9.17) is 5.11 Å². The Morgan fingerprint density at radius 3 is 2.58 bits per heavy atom. The van der Waals surface area contributed by atoms with Crippen LogP contribution in [0.2, 0.25) is 0 Å². The Morgan fingerprint density at radius 2 is 1.95 bits per heavy atom. The zero-order valence-corrected chi connectivity index (χ0v) is 10.7. The number of hydrogen-bond acceptors (Lipinski definition) is 3. The van der Waals surface area contributed by atoms with Crippen LogP contribution in [0.3, 0.4) is 0 Å². The molecule has 0 aliphatic heterocycles. The Morgan fingerprint density at radius 1 is 1.26 bits per heavy atom. The highest BCUT2D eigenvalue weighted by atomic mass is 16.4. The van der Waals surface area contributed by atoms with Crippen molar-refractivity contribution in [3.8, 4) is 0 Å². The number of nitrogens with one attached hydrogen (secondary N) is 1. The average molecular weight is 260 g/mol. The number of nitrogens with zero attached hydrogens (tertiary/aromatic N) is 1. The van der Waals surface area contributed by atoms with Crippen molar-refractivity contribution in [1.82, 2.24) is 4.98 Å². The van der Waals surface area contributed by atoms with E-state index in [1.165, 1.54) is 0 Å². The number of carbonyl (C=O) groups is 2. The number of pyridine rings is 1. The summed E-state index contributed by atoms with van der Waals surface area (Å²) in [6, 6.07) is 1.80. The lowest BCUT2D eigenvalue weighted by Gasteiger charge is -2.24. The monoisotopic (exact) mass is 260 g/mol. The summed E-state index contributed by atoms with van der Waals surface area (Å²) in [6.07, 6.45) is 7.79. The maximum absolute atomic E-state index is 12.2. The van der Waals surface area contributed by atoms with E-state index in [9.17, 15) is 9.59 Å². The Labute approximate surface area is 111 Å². The number of aryl methyl sites for hydroxylation is 1. The number of aromatic nitrogens is 1. The molecule has 1 aliphatic carbocycles. The van der Waals surface area contributed by atoms with Crippen LogP contribution in [0.25, 0.3) is 0 Å². The second-order valence-corrected chi connectivity index (χ2v) is 4.73. The number of allylic oxidation sites excluding steroid dienone is 2. The molecular weight excluding hydrogens is 244 g/mol. The molecule has 5 nitrogen and oxygen atoms in total. The molecule has 0 fully saturated rings. The lowest BCUT2D eigenvalue weighted by Crippen LogP contribution is -2.34. The van der Waals surface area contributed by atoms with Gasteiger partial charge in [-0.2, -0.15) is 0 Å². The van der Waals surface area contributed by atoms with Gasteiger partial charge in [-0.15, -0.1) is 0 Å². The van der Waals surface area contributed by atoms with E-state index in [2.05, 4.69) is 10.3 Å². The molecule has 2 atom stereocenters. The molecule has 2 N–H and O–H groups in total. The third kappa shape index (κ3) is 3.19. The molecule has 5 heteroatoms. The first-order valence-electron chi connectivity index (χ1n) is 6.18. The van der Waals surface area contributed by atoms with Gasteiger partial charge < -0.3 is 10.4 Å². The number of carboxylic acid groups (broad SMARTS) is 1. The molecule has 0 bridgehead atoms. The summed E-state index contributed by atoms with van der Waals surface area (Å²) >= 11 is 0. The molecule has 0 radical (unpaired) electrons. The highest BCUT2D eigenvalue weighted by molar-refractivity contribution is 5.95. The zero-order valence-electron chi connectivity index (χ0n) is 10.7. The smallest absolute Gasteiger partial charge is 0.307 e. The predicted molar refractivity (Wildman–Crippen MR) is 70.6 cm³/mol. The lowest BCUT2D eigenvalue weighted by atomic mass is 9.82. The van der Waals surface area contributed by atoms with E-state index in [1.54, 1.807) is 18.5 Å². The number of anilines is 1. The van der Waals surface area contributed by atoms with Gasteiger partial charge in [0.15, 0.2) is 0 Å². The van der Waals surface area contributed by atoms with Crippen molar-refractivity contribution < 1.29 is 14.7 Å². The number of amides is 1. The highest BCUT2D eigenvalue weighted by Crippen LogP contribution is 2.27. The van der Waals surface area contributed by atoms with Crippen LogP contribution in [0.5, 0.6) is 0 Å². The number of rotatable bonds is 3. The van der Waals surface area contributed by atoms with Crippen LogP contribution >= 0.6 is 0 Å². The van der Waals surface area contributed by atoms with Crippen molar-refractivity contribution >= 4 is 17.6 Å². The summed E-state index contributed by atoms with van der Waals surface area (Å²) in [7, 11) is 0. The molecule has 0 unspecified atom stereocenters. The van der Waals surface area contributed by atoms with Gasteiger partial charge in [0.25, 0.3) is 0 Å². The Bertz CT molecular complexity index is 525. The molecule has 1 aromatic heterocycles. The fourth-order valence-corrected chi connectivity index (χ4v) is 2.24. The van der Waals surface area contributed by atoms with Gasteiger partial charge in [-0.1, -0.05) is 12.2 Å². The topological polar surface area (TPSA) is 79.3 Å². The number of carbonyl (C=O) groups excluding carboxylic acids is 1. The summed E-state index contributed by atoms with van der Waals surface area (Å²) < 4.78 is 0. The Balaban J connectivity index is 2.10. The minimum Gasteiger partial charge on any atom is -0.481 e. The quantitative estimate of drug-likeness (QED) is 0.815. The predicted octanol–water partition coefficient (Wildman–Crippen LogP) is 2.00. The van der Waals surface area contributed by atoms with E-state index in [-0.39, 0.29) is 5.91 Å². The molecule has 0 saturated carbocycles. The molecule has 1 heterocycles. The fourth-order valence-electron chi connectivity index (χ4n) is 2.24. The van der Waals surface area contributed by atoms with Crippen molar-refractivity contribution in [2.24, 2.45) is 11.8 Å². The van der Waals surface area contributed by atoms with Gasteiger partial charge in [-0.3, -0.25) is 14.6 Å². The zero-order chi connectivity index (χ0) is 13.8. The van der Waals surface area contributed by atoms with E-state index >= 15 is 0 Å². The van der Waals surface area contributed by atoms with E-state index < -0.39 is 17.8 Å². The van der Waals surface area contributed by atoms with Gasteiger partial charge in [0, 0.05) is 6.20 Å². The lowest BCUT2D eigenvalue weighted by molar-refractivity contribution is -0.146. The molecule has 0 spiro atoms. The second-order valence-electron chi connectivity index (χ2n) is 4.73. The second kappa shape index (κ2) is 5.65. The average Bonchev–Trinajstić information content (AvgIpc) is 2.38. The third-order valence-electron chi connectivity index (χ3n) is 3.23. The summed E-state index contributed by atoms with van der Waals surface area (Å²) in [5.74, 6) is -2.36. The van der Waals surface area contributed by atoms with Crippen LogP contribution in [-0.2, 0) is 9.59 Å². The van der Waals surface area contributed by atoms with E-state index in [1.807, 2.05) is 19.1 Å². The number of carboxylic acids is 1. The Hall–Kier alpha value is -2.17. The molecule has 19 heavy (non-hydrogen) atoms. The minimum atomic E-state index is -0.924. The molecule has 0 aromatic carbocycles. The maximum Gasteiger partial charge on any atom is 0.307 e. The molecule has 1 aromatic rings. The Kier molecular flexibility index (Phi) is 3.94. The molecule has 0 saturated heterocycles. The standard InChI is InChI=1S/C14H16N2O3/c1-9-6-10(8-15-7-9)16-13(17)11-4-2-3-5-12(11)14(18)19/h2-3,6-8,11-12H,4-5H2,1H3,(H,16,17)(H,18,19)/t11-,12+/m1/s1. The minimum absolute atomic E-state index is 0.260. The van der Waals surface area contributed by atoms with Gasteiger partial charge in [0.2, 0.25) is 5.91 Å². The van der Waals surface area contributed by atoms with Gasteiger partial charge in [0.1, 0.15) is 0 Å².